The number of rotatable bonds is 4. The van der Waals surface area contributed by atoms with Gasteiger partial charge in [0, 0.05) is 6.04 Å². The molecule has 1 aliphatic carbocycles. The lowest BCUT2D eigenvalue weighted by Gasteiger charge is -2.25. The predicted molar refractivity (Wildman–Crippen MR) is 60.8 cm³/mol. The van der Waals surface area contributed by atoms with Crippen LogP contribution < -0.4 is 5.32 Å². The molecule has 1 amide bonds. The third-order valence-electron chi connectivity index (χ3n) is 2.81. The molecular formula is C12H17NO3. The summed E-state index contributed by atoms with van der Waals surface area (Å²) in [5.74, 6) is -2.19. The fraction of sp³-hybridized carbons (Fsp3) is 0.500. The minimum absolute atomic E-state index is 0.132. The highest BCUT2D eigenvalue weighted by molar-refractivity contribution is 5.85. The van der Waals surface area contributed by atoms with E-state index < -0.39 is 17.8 Å². The fourth-order valence-corrected chi connectivity index (χ4v) is 1.77. The molecule has 0 aromatic rings. The van der Waals surface area contributed by atoms with E-state index in [-0.39, 0.29) is 11.9 Å². The molecule has 0 radical (unpaired) electrons. The zero-order chi connectivity index (χ0) is 12.1. The van der Waals surface area contributed by atoms with Crippen molar-refractivity contribution >= 4 is 11.9 Å². The van der Waals surface area contributed by atoms with Crippen molar-refractivity contribution in [2.45, 2.75) is 25.8 Å². The van der Waals surface area contributed by atoms with Crippen LogP contribution in [0.4, 0.5) is 0 Å². The molecule has 2 N–H and O–H groups in total. The summed E-state index contributed by atoms with van der Waals surface area (Å²) in [7, 11) is 0. The molecule has 4 heteroatoms. The van der Waals surface area contributed by atoms with Gasteiger partial charge in [0.2, 0.25) is 5.91 Å². The highest BCUT2D eigenvalue weighted by atomic mass is 16.4. The van der Waals surface area contributed by atoms with E-state index in [4.69, 9.17) is 5.11 Å². The van der Waals surface area contributed by atoms with Crippen LogP contribution in [-0.4, -0.2) is 23.0 Å². The first kappa shape index (κ1) is 12.5. The minimum atomic E-state index is -0.907. The summed E-state index contributed by atoms with van der Waals surface area (Å²) in [6.45, 7) is 5.37. The lowest BCUT2D eigenvalue weighted by Crippen LogP contribution is -2.41. The molecular weight excluding hydrogens is 206 g/mol. The molecule has 3 atom stereocenters. The van der Waals surface area contributed by atoms with Crippen molar-refractivity contribution in [2.75, 3.05) is 0 Å². The molecule has 88 valence electrons. The molecule has 0 saturated carbocycles. The summed E-state index contributed by atoms with van der Waals surface area (Å²) in [4.78, 5) is 22.8. The molecule has 0 saturated heterocycles. The Balaban J connectivity index is 2.69. The zero-order valence-electron chi connectivity index (χ0n) is 9.35. The van der Waals surface area contributed by atoms with Gasteiger partial charge in [-0.25, -0.2) is 0 Å². The van der Waals surface area contributed by atoms with Crippen LogP contribution in [0.5, 0.6) is 0 Å². The van der Waals surface area contributed by atoms with Crippen LogP contribution in [0.15, 0.2) is 24.8 Å². The molecule has 0 heterocycles. The highest BCUT2D eigenvalue weighted by Crippen LogP contribution is 2.26. The summed E-state index contributed by atoms with van der Waals surface area (Å²) < 4.78 is 0. The highest BCUT2D eigenvalue weighted by Gasteiger charge is 2.33. The Bertz CT molecular complexity index is 322. The molecule has 0 aromatic heterocycles. The molecule has 0 aromatic carbocycles. The number of allylic oxidation sites excluding steroid dienone is 2. The van der Waals surface area contributed by atoms with Gasteiger partial charge in [0.15, 0.2) is 0 Å². The van der Waals surface area contributed by atoms with E-state index in [0.717, 1.165) is 0 Å². The maximum Gasteiger partial charge on any atom is 0.307 e. The average molecular weight is 223 g/mol. The minimum Gasteiger partial charge on any atom is -0.481 e. The average Bonchev–Trinajstić information content (AvgIpc) is 2.28. The topological polar surface area (TPSA) is 66.4 Å². The molecule has 1 aliphatic rings. The van der Waals surface area contributed by atoms with Crippen LogP contribution in [0.1, 0.15) is 19.8 Å². The number of amides is 1. The van der Waals surface area contributed by atoms with Crippen molar-refractivity contribution in [1.29, 1.82) is 0 Å². The standard InChI is InChI=1S/C12H17NO3/c1-3-8(2)13-11(14)9-6-4-5-7-10(9)12(15)16/h3-5,8-10H,1,6-7H2,2H3,(H,13,14)(H,15,16)/t8?,9-,10+/m1/s1. The number of carboxylic acid groups (broad SMARTS) is 1. The van der Waals surface area contributed by atoms with Gasteiger partial charge in [-0.05, 0) is 19.8 Å². The number of hydrogen-bond acceptors (Lipinski definition) is 2. The SMILES string of the molecule is C=CC(C)NC(=O)[C@@H]1CC=CC[C@@H]1C(=O)O. The van der Waals surface area contributed by atoms with Crippen molar-refractivity contribution in [1.82, 2.24) is 5.32 Å². The van der Waals surface area contributed by atoms with Crippen LogP contribution >= 0.6 is 0 Å². The van der Waals surface area contributed by atoms with E-state index in [9.17, 15) is 9.59 Å². The van der Waals surface area contributed by atoms with Gasteiger partial charge in [-0.2, -0.15) is 0 Å². The Kier molecular flexibility index (Phi) is 4.28. The van der Waals surface area contributed by atoms with E-state index in [1.807, 2.05) is 12.2 Å². The number of carbonyl (C=O) groups excluding carboxylic acids is 1. The van der Waals surface area contributed by atoms with Crippen LogP contribution in [0.3, 0.4) is 0 Å². The number of aliphatic carboxylic acids is 1. The summed E-state index contributed by atoms with van der Waals surface area (Å²) in [6, 6.07) is -0.132. The Morgan fingerprint density at radius 3 is 2.50 bits per heavy atom. The van der Waals surface area contributed by atoms with E-state index in [2.05, 4.69) is 11.9 Å². The van der Waals surface area contributed by atoms with E-state index in [1.165, 1.54) is 0 Å². The number of hydrogen-bond donors (Lipinski definition) is 2. The van der Waals surface area contributed by atoms with E-state index >= 15 is 0 Å². The third kappa shape index (κ3) is 2.95. The van der Waals surface area contributed by atoms with Gasteiger partial charge in [0.1, 0.15) is 0 Å². The first-order chi connectivity index (χ1) is 7.56. The maximum absolute atomic E-state index is 11.8. The summed E-state index contributed by atoms with van der Waals surface area (Å²) >= 11 is 0. The first-order valence-electron chi connectivity index (χ1n) is 5.37. The molecule has 4 nitrogen and oxygen atoms in total. The van der Waals surface area contributed by atoms with Crippen LogP contribution in [0, 0.1) is 11.8 Å². The molecule has 0 spiro atoms. The summed E-state index contributed by atoms with van der Waals surface area (Å²) in [6.07, 6.45) is 6.22. The van der Waals surface area contributed by atoms with Gasteiger partial charge in [0.05, 0.1) is 11.8 Å². The van der Waals surface area contributed by atoms with Crippen LogP contribution in [-0.2, 0) is 9.59 Å². The summed E-state index contributed by atoms with van der Waals surface area (Å²) in [5, 5.41) is 11.7. The fourth-order valence-electron chi connectivity index (χ4n) is 1.77. The Labute approximate surface area is 95.0 Å². The number of carboxylic acids is 1. The van der Waals surface area contributed by atoms with Gasteiger partial charge in [0.25, 0.3) is 0 Å². The Morgan fingerprint density at radius 2 is 2.00 bits per heavy atom. The van der Waals surface area contributed by atoms with Gasteiger partial charge in [-0.1, -0.05) is 18.2 Å². The van der Waals surface area contributed by atoms with Gasteiger partial charge in [-0.15, -0.1) is 6.58 Å². The second kappa shape index (κ2) is 5.49. The largest absolute Gasteiger partial charge is 0.481 e. The predicted octanol–water partition coefficient (Wildman–Crippen LogP) is 1.34. The summed E-state index contributed by atoms with van der Waals surface area (Å²) in [5.41, 5.74) is 0. The monoisotopic (exact) mass is 223 g/mol. The van der Waals surface area contributed by atoms with Crippen molar-refractivity contribution in [2.24, 2.45) is 11.8 Å². The van der Waals surface area contributed by atoms with Gasteiger partial charge in [-0.3, -0.25) is 9.59 Å². The maximum atomic E-state index is 11.8. The van der Waals surface area contributed by atoms with E-state index in [1.54, 1.807) is 13.0 Å². The number of carbonyl (C=O) groups is 2. The second-order valence-corrected chi connectivity index (χ2v) is 4.03. The van der Waals surface area contributed by atoms with Gasteiger partial charge >= 0.3 is 5.97 Å². The lowest BCUT2D eigenvalue weighted by molar-refractivity contribution is -0.147. The Hall–Kier alpha value is -1.58. The van der Waals surface area contributed by atoms with Crippen molar-refractivity contribution in [3.05, 3.63) is 24.8 Å². The van der Waals surface area contributed by atoms with Crippen LogP contribution in [0.2, 0.25) is 0 Å². The molecule has 1 rings (SSSR count). The van der Waals surface area contributed by atoms with Crippen molar-refractivity contribution < 1.29 is 14.7 Å². The lowest BCUT2D eigenvalue weighted by atomic mass is 9.82. The second-order valence-electron chi connectivity index (χ2n) is 4.03. The molecule has 0 bridgehead atoms. The quantitative estimate of drug-likeness (QED) is 0.707. The Morgan fingerprint density at radius 1 is 1.44 bits per heavy atom. The molecule has 1 unspecified atom stereocenters. The smallest absolute Gasteiger partial charge is 0.307 e. The normalized spacial score (nSPS) is 25.8. The van der Waals surface area contributed by atoms with Crippen molar-refractivity contribution in [3.63, 3.8) is 0 Å². The van der Waals surface area contributed by atoms with Gasteiger partial charge < -0.3 is 10.4 Å². The zero-order valence-corrected chi connectivity index (χ0v) is 9.35. The van der Waals surface area contributed by atoms with Crippen LogP contribution in [0.25, 0.3) is 0 Å². The molecule has 0 aliphatic heterocycles. The molecule has 0 fully saturated rings. The molecule has 16 heavy (non-hydrogen) atoms. The first-order valence-corrected chi connectivity index (χ1v) is 5.37. The third-order valence-corrected chi connectivity index (χ3v) is 2.81. The van der Waals surface area contributed by atoms with E-state index in [0.29, 0.717) is 12.8 Å². The van der Waals surface area contributed by atoms with Crippen molar-refractivity contribution in [3.8, 4) is 0 Å². The number of nitrogens with one attached hydrogen (secondary N) is 1.